The highest BCUT2D eigenvalue weighted by atomic mass is 16.5. The average molecular weight is 623 g/mol. The van der Waals surface area contributed by atoms with E-state index in [1.807, 2.05) is 0 Å². The standard InChI is InChI=1S/C39H62N2O4/c1-24(2)33-18-29-20-37(23-42)32-15-14-25(3)31(32)21-38(29,39(33,37)36(43)44)35-19-30(28-12-7-6-8-13-28)34(45-35)22-40-16-17-41-26(4)10-9-11-27(41)5/h18,23-32,34-35,40H,6-17,19-22H2,1-5H3,(H,43,44)/t25-,26?,27?,29?,30+,31-,32-,34+,35-,37?,38?,39+/m1/s1. The van der Waals surface area contributed by atoms with Crippen LogP contribution in [-0.2, 0) is 14.3 Å². The molecule has 2 heterocycles. The lowest BCUT2D eigenvalue weighted by Gasteiger charge is -2.60. The molecule has 0 radical (unpaired) electrons. The normalized spacial score (nSPS) is 48.1. The number of aldehydes is 1. The summed E-state index contributed by atoms with van der Waals surface area (Å²) < 4.78 is 7.39. The van der Waals surface area contributed by atoms with E-state index in [-0.39, 0.29) is 30.0 Å². The summed E-state index contributed by atoms with van der Waals surface area (Å²) in [5, 5.41) is 15.4. The summed E-state index contributed by atoms with van der Waals surface area (Å²) in [5.41, 5.74) is -1.44. The minimum Gasteiger partial charge on any atom is -0.481 e. The van der Waals surface area contributed by atoms with E-state index in [1.165, 1.54) is 57.7 Å². The molecule has 2 N–H and O–H groups in total. The first-order valence-corrected chi connectivity index (χ1v) is 19.2. The summed E-state index contributed by atoms with van der Waals surface area (Å²) in [4.78, 5) is 30.4. The van der Waals surface area contributed by atoms with Gasteiger partial charge in [-0.15, -0.1) is 0 Å². The number of hydrogen-bond donors (Lipinski definition) is 2. The Morgan fingerprint density at radius 3 is 2.42 bits per heavy atom. The molecule has 12 atom stereocenters. The maximum Gasteiger partial charge on any atom is 0.315 e. The van der Waals surface area contributed by atoms with Gasteiger partial charge in [-0.2, -0.15) is 0 Å². The van der Waals surface area contributed by atoms with Crippen molar-refractivity contribution in [2.45, 2.75) is 142 Å². The Balaban J connectivity index is 1.21. The average Bonchev–Trinajstić information content (AvgIpc) is 3.74. The van der Waals surface area contributed by atoms with E-state index in [0.717, 1.165) is 50.9 Å². The number of carbonyl (C=O) groups excluding carboxylic acids is 1. The maximum atomic E-state index is 14.1. The number of hydrogen-bond acceptors (Lipinski definition) is 5. The molecular formula is C39H62N2O4. The van der Waals surface area contributed by atoms with E-state index >= 15 is 0 Å². The summed E-state index contributed by atoms with van der Waals surface area (Å²) in [6.07, 6.45) is 18.6. The predicted molar refractivity (Wildman–Crippen MR) is 178 cm³/mol. The molecule has 6 fully saturated rings. The minimum absolute atomic E-state index is 0.105. The van der Waals surface area contributed by atoms with Gasteiger partial charge < -0.3 is 20.0 Å². The highest BCUT2D eigenvalue weighted by molar-refractivity contribution is 5.90. The van der Waals surface area contributed by atoms with E-state index in [4.69, 9.17) is 4.74 Å². The van der Waals surface area contributed by atoms with Gasteiger partial charge in [-0.25, -0.2) is 0 Å². The van der Waals surface area contributed by atoms with Crippen LogP contribution in [0.15, 0.2) is 11.6 Å². The van der Waals surface area contributed by atoms with E-state index in [0.29, 0.717) is 42.2 Å². The van der Waals surface area contributed by atoms with Gasteiger partial charge in [0.05, 0.1) is 17.6 Å². The minimum atomic E-state index is -1.14. The summed E-state index contributed by atoms with van der Waals surface area (Å²) in [6.45, 7) is 14.3. The summed E-state index contributed by atoms with van der Waals surface area (Å²) >= 11 is 0. The number of carboxylic acid groups (broad SMARTS) is 1. The Hall–Kier alpha value is -1.24. The molecule has 4 saturated carbocycles. The van der Waals surface area contributed by atoms with Crippen LogP contribution in [0.4, 0.5) is 0 Å². The van der Waals surface area contributed by atoms with Crippen molar-refractivity contribution in [3.63, 3.8) is 0 Å². The molecule has 6 heteroatoms. The lowest BCUT2D eigenvalue weighted by molar-refractivity contribution is -0.197. The summed E-state index contributed by atoms with van der Waals surface area (Å²) in [7, 11) is 0. The summed E-state index contributed by atoms with van der Waals surface area (Å²) in [5.74, 6) is 1.72. The second-order valence-corrected chi connectivity index (χ2v) is 17.4. The zero-order chi connectivity index (χ0) is 31.7. The second-order valence-electron chi connectivity index (χ2n) is 17.4. The van der Waals surface area contributed by atoms with Crippen LogP contribution in [0.25, 0.3) is 0 Å². The highest BCUT2D eigenvalue weighted by Gasteiger charge is 2.86. The largest absolute Gasteiger partial charge is 0.481 e. The molecule has 45 heavy (non-hydrogen) atoms. The van der Waals surface area contributed by atoms with Crippen molar-refractivity contribution >= 4 is 12.3 Å². The second kappa shape index (κ2) is 12.0. The molecular weight excluding hydrogens is 560 g/mol. The molecule has 5 aliphatic carbocycles. The van der Waals surface area contributed by atoms with Gasteiger partial charge >= 0.3 is 5.97 Å². The molecule has 252 valence electrons. The van der Waals surface area contributed by atoms with Crippen LogP contribution in [0.2, 0.25) is 0 Å². The van der Waals surface area contributed by atoms with Crippen LogP contribution >= 0.6 is 0 Å². The van der Waals surface area contributed by atoms with Crippen LogP contribution in [0.3, 0.4) is 0 Å². The van der Waals surface area contributed by atoms with Gasteiger partial charge in [0.1, 0.15) is 11.7 Å². The number of rotatable bonds is 10. The molecule has 0 aromatic heterocycles. The monoisotopic (exact) mass is 622 g/mol. The first-order valence-electron chi connectivity index (χ1n) is 19.2. The molecule has 0 amide bonds. The molecule has 7 rings (SSSR count). The zero-order valence-electron chi connectivity index (χ0n) is 28.9. The third-order valence-electron chi connectivity index (χ3n) is 15.4. The first-order chi connectivity index (χ1) is 21.6. The van der Waals surface area contributed by atoms with E-state index in [2.05, 4.69) is 50.9 Å². The lowest BCUT2D eigenvalue weighted by atomic mass is 9.41. The number of nitrogens with one attached hydrogen (secondary N) is 1. The number of carboxylic acids is 1. The molecule has 0 spiro atoms. The fourth-order valence-corrected chi connectivity index (χ4v) is 13.6. The van der Waals surface area contributed by atoms with Crippen molar-refractivity contribution in [3.05, 3.63) is 11.6 Å². The van der Waals surface area contributed by atoms with E-state index in [9.17, 15) is 14.7 Å². The zero-order valence-corrected chi connectivity index (χ0v) is 28.9. The van der Waals surface area contributed by atoms with Crippen molar-refractivity contribution < 1.29 is 19.4 Å². The van der Waals surface area contributed by atoms with Crippen LogP contribution < -0.4 is 5.32 Å². The molecule has 2 saturated heterocycles. The van der Waals surface area contributed by atoms with Crippen LogP contribution in [0.5, 0.6) is 0 Å². The Morgan fingerprint density at radius 2 is 1.76 bits per heavy atom. The predicted octanol–water partition coefficient (Wildman–Crippen LogP) is 7.12. The number of aliphatic carboxylic acids is 1. The van der Waals surface area contributed by atoms with E-state index in [1.54, 1.807) is 0 Å². The highest BCUT2D eigenvalue weighted by Crippen LogP contribution is 2.84. The molecule has 6 nitrogen and oxygen atoms in total. The molecule has 0 aromatic carbocycles. The van der Waals surface area contributed by atoms with Gasteiger partial charge in [-0.1, -0.05) is 77.4 Å². The number of ether oxygens (including phenoxy) is 1. The van der Waals surface area contributed by atoms with Crippen molar-refractivity contribution in [2.75, 3.05) is 19.6 Å². The molecule has 4 bridgehead atoms. The van der Waals surface area contributed by atoms with Crippen LogP contribution in [0.1, 0.15) is 118 Å². The lowest BCUT2D eigenvalue weighted by Crippen LogP contribution is -2.65. The number of carbonyl (C=O) groups is 2. The Labute approximate surface area is 272 Å². The van der Waals surface area contributed by atoms with Gasteiger partial charge in [-0.05, 0) is 93.8 Å². The molecule has 7 aliphatic rings. The van der Waals surface area contributed by atoms with Crippen molar-refractivity contribution in [1.82, 2.24) is 10.2 Å². The molecule has 2 aliphatic heterocycles. The first kappa shape index (κ1) is 32.3. The van der Waals surface area contributed by atoms with Crippen molar-refractivity contribution in [1.29, 1.82) is 0 Å². The molecule has 0 aromatic rings. The summed E-state index contributed by atoms with van der Waals surface area (Å²) in [6, 6.07) is 1.30. The molecule has 5 unspecified atom stereocenters. The SMILES string of the molecule is CC(C)C1=CC2CC3(C=O)[C@@H]4CC[C@@H](C)[C@H]4CC2([C@H]2C[C@@H](C4CCCCC4)[C@H](CNCCN4C(C)CCCC4C)O2)[C@]13C(=O)O. The van der Waals surface area contributed by atoms with E-state index < -0.39 is 22.2 Å². The van der Waals surface area contributed by atoms with Crippen LogP contribution in [-0.4, -0.2) is 66.2 Å². The van der Waals surface area contributed by atoms with Gasteiger partial charge in [0, 0.05) is 37.1 Å². The number of allylic oxidation sites excluding steroid dienone is 1. The van der Waals surface area contributed by atoms with Gasteiger partial charge in [-0.3, -0.25) is 9.69 Å². The Kier molecular flexibility index (Phi) is 8.63. The topological polar surface area (TPSA) is 78.9 Å². The fourth-order valence-electron chi connectivity index (χ4n) is 13.6. The van der Waals surface area contributed by atoms with Crippen molar-refractivity contribution in [2.24, 2.45) is 57.7 Å². The van der Waals surface area contributed by atoms with Gasteiger partial charge in [0.2, 0.25) is 0 Å². The Bertz CT molecular complexity index is 1150. The number of nitrogens with zero attached hydrogens (tertiary/aromatic N) is 1. The quantitative estimate of drug-likeness (QED) is 0.154. The fraction of sp³-hybridized carbons (Fsp3) is 0.897. The van der Waals surface area contributed by atoms with Crippen molar-refractivity contribution in [3.8, 4) is 0 Å². The number of likely N-dealkylation sites (tertiary alicyclic amines) is 1. The van der Waals surface area contributed by atoms with Crippen LogP contribution in [0, 0.1) is 57.7 Å². The van der Waals surface area contributed by atoms with Gasteiger partial charge in [0.15, 0.2) is 0 Å². The number of piperidine rings is 1. The smallest absolute Gasteiger partial charge is 0.315 e. The Morgan fingerprint density at radius 1 is 1.02 bits per heavy atom. The third-order valence-corrected chi connectivity index (χ3v) is 15.4. The van der Waals surface area contributed by atoms with Gasteiger partial charge in [0.25, 0.3) is 0 Å². The number of fused-ring (bicyclic) bond motifs is 2. The maximum absolute atomic E-state index is 14.1. The third kappa shape index (κ3) is 4.49.